The maximum Gasteiger partial charge on any atom is 0.0102 e. The fourth-order valence-corrected chi connectivity index (χ4v) is 4.52. The Balaban J connectivity index is 1.61. The van der Waals surface area contributed by atoms with Crippen LogP contribution in [0.25, 0.3) is 0 Å². The van der Waals surface area contributed by atoms with Crippen LogP contribution in [0.1, 0.15) is 90.4 Å². The molecule has 0 N–H and O–H groups in total. The minimum absolute atomic E-state index is 0.935. The first kappa shape index (κ1) is 16.1. The standard InChI is InChI=1S/C19H35N/c1-3-5-6-7-8-9-10-12-18-14-16-19-15-13-17(11-4-2)20(18)19/h3,17-19H,1,4-16H2,2H3. The van der Waals surface area contributed by atoms with Crippen LogP contribution in [0.2, 0.25) is 0 Å². The normalized spacial score (nSPS) is 29.8. The summed E-state index contributed by atoms with van der Waals surface area (Å²) in [5.74, 6) is 0. The third-order valence-corrected chi connectivity index (χ3v) is 5.50. The summed E-state index contributed by atoms with van der Waals surface area (Å²) < 4.78 is 0. The van der Waals surface area contributed by atoms with E-state index in [4.69, 9.17) is 0 Å². The van der Waals surface area contributed by atoms with Gasteiger partial charge in [0.1, 0.15) is 0 Å². The minimum Gasteiger partial charge on any atom is -0.294 e. The Kier molecular flexibility index (Phi) is 7.13. The third kappa shape index (κ3) is 4.35. The first-order chi connectivity index (χ1) is 9.86. The summed E-state index contributed by atoms with van der Waals surface area (Å²) in [6, 6.07) is 2.83. The van der Waals surface area contributed by atoms with Crippen molar-refractivity contribution in [3.05, 3.63) is 12.7 Å². The Morgan fingerprint density at radius 1 is 0.900 bits per heavy atom. The van der Waals surface area contributed by atoms with Gasteiger partial charge in [-0.05, 0) is 51.4 Å². The van der Waals surface area contributed by atoms with Gasteiger partial charge in [0.15, 0.2) is 0 Å². The van der Waals surface area contributed by atoms with Gasteiger partial charge < -0.3 is 0 Å². The van der Waals surface area contributed by atoms with Crippen molar-refractivity contribution in [2.24, 2.45) is 0 Å². The zero-order valence-electron chi connectivity index (χ0n) is 13.7. The molecule has 2 heterocycles. The van der Waals surface area contributed by atoms with E-state index in [0.717, 1.165) is 18.1 Å². The molecule has 3 unspecified atom stereocenters. The van der Waals surface area contributed by atoms with E-state index in [0.29, 0.717) is 0 Å². The fraction of sp³-hybridized carbons (Fsp3) is 0.895. The van der Waals surface area contributed by atoms with Crippen molar-refractivity contribution < 1.29 is 0 Å². The topological polar surface area (TPSA) is 3.24 Å². The van der Waals surface area contributed by atoms with Gasteiger partial charge in [0, 0.05) is 18.1 Å². The summed E-state index contributed by atoms with van der Waals surface area (Å²) in [6.07, 6.45) is 20.6. The smallest absolute Gasteiger partial charge is 0.0102 e. The highest BCUT2D eigenvalue weighted by molar-refractivity contribution is 4.96. The summed E-state index contributed by atoms with van der Waals surface area (Å²) in [5, 5.41) is 0. The fourth-order valence-electron chi connectivity index (χ4n) is 4.52. The molecule has 0 aromatic rings. The number of hydrogen-bond donors (Lipinski definition) is 0. The highest BCUT2D eigenvalue weighted by atomic mass is 15.3. The lowest BCUT2D eigenvalue weighted by Gasteiger charge is -2.30. The SMILES string of the molecule is C=CCCCCCCCC1CCC2CCC(CCC)N12. The Hall–Kier alpha value is -0.300. The van der Waals surface area contributed by atoms with Gasteiger partial charge in [-0.2, -0.15) is 0 Å². The molecule has 1 nitrogen and oxygen atoms in total. The van der Waals surface area contributed by atoms with Gasteiger partial charge in [-0.3, -0.25) is 4.90 Å². The molecule has 2 rings (SSSR count). The van der Waals surface area contributed by atoms with E-state index < -0.39 is 0 Å². The van der Waals surface area contributed by atoms with Gasteiger partial charge in [-0.1, -0.05) is 45.1 Å². The van der Waals surface area contributed by atoms with Crippen molar-refractivity contribution in [3.8, 4) is 0 Å². The van der Waals surface area contributed by atoms with Crippen molar-refractivity contribution in [3.63, 3.8) is 0 Å². The molecule has 0 amide bonds. The molecule has 0 aromatic heterocycles. The van der Waals surface area contributed by atoms with Crippen molar-refractivity contribution >= 4 is 0 Å². The van der Waals surface area contributed by atoms with E-state index >= 15 is 0 Å². The van der Waals surface area contributed by atoms with E-state index in [1.54, 1.807) is 0 Å². The zero-order chi connectivity index (χ0) is 14.2. The molecule has 0 radical (unpaired) electrons. The van der Waals surface area contributed by atoms with Crippen molar-refractivity contribution in [1.29, 1.82) is 0 Å². The summed E-state index contributed by atoms with van der Waals surface area (Å²) >= 11 is 0. The predicted molar refractivity (Wildman–Crippen MR) is 89.1 cm³/mol. The van der Waals surface area contributed by atoms with Crippen LogP contribution in [-0.2, 0) is 0 Å². The van der Waals surface area contributed by atoms with Crippen LogP contribution in [0.4, 0.5) is 0 Å². The molecule has 0 aromatic carbocycles. The lowest BCUT2D eigenvalue weighted by Crippen LogP contribution is -2.38. The Bertz CT molecular complexity index is 271. The van der Waals surface area contributed by atoms with E-state index in [-0.39, 0.29) is 0 Å². The largest absolute Gasteiger partial charge is 0.294 e. The maximum atomic E-state index is 3.79. The molecular weight excluding hydrogens is 242 g/mol. The second kappa shape index (κ2) is 8.87. The van der Waals surface area contributed by atoms with Crippen LogP contribution in [0.3, 0.4) is 0 Å². The van der Waals surface area contributed by atoms with E-state index in [1.165, 1.54) is 83.5 Å². The Morgan fingerprint density at radius 3 is 2.25 bits per heavy atom. The molecule has 0 spiro atoms. The number of rotatable bonds is 10. The molecule has 2 aliphatic heterocycles. The second-order valence-electron chi connectivity index (χ2n) is 6.99. The van der Waals surface area contributed by atoms with Gasteiger partial charge in [0.2, 0.25) is 0 Å². The predicted octanol–water partition coefficient (Wildman–Crippen LogP) is 5.70. The van der Waals surface area contributed by atoms with Gasteiger partial charge in [-0.25, -0.2) is 0 Å². The molecule has 20 heavy (non-hydrogen) atoms. The molecule has 2 fully saturated rings. The summed E-state index contributed by atoms with van der Waals surface area (Å²) in [7, 11) is 0. The third-order valence-electron chi connectivity index (χ3n) is 5.50. The Labute approximate surface area is 126 Å². The first-order valence-corrected chi connectivity index (χ1v) is 9.25. The van der Waals surface area contributed by atoms with E-state index in [9.17, 15) is 0 Å². The van der Waals surface area contributed by atoms with Crippen LogP contribution in [0.5, 0.6) is 0 Å². The van der Waals surface area contributed by atoms with Gasteiger partial charge in [0.25, 0.3) is 0 Å². The monoisotopic (exact) mass is 277 g/mol. The van der Waals surface area contributed by atoms with Crippen LogP contribution in [0.15, 0.2) is 12.7 Å². The molecule has 1 heteroatoms. The molecule has 0 aliphatic carbocycles. The number of unbranched alkanes of at least 4 members (excludes halogenated alkanes) is 5. The lowest BCUT2D eigenvalue weighted by atomic mass is 10.0. The van der Waals surface area contributed by atoms with Crippen molar-refractivity contribution in [2.45, 2.75) is 109 Å². The highest BCUT2D eigenvalue weighted by Crippen LogP contribution is 2.39. The number of allylic oxidation sites excluding steroid dienone is 1. The summed E-state index contributed by atoms with van der Waals surface area (Å²) in [6.45, 7) is 6.14. The molecule has 116 valence electrons. The van der Waals surface area contributed by atoms with Crippen LogP contribution in [-0.4, -0.2) is 23.0 Å². The molecule has 0 bridgehead atoms. The lowest BCUT2D eigenvalue weighted by molar-refractivity contribution is 0.163. The average molecular weight is 277 g/mol. The average Bonchev–Trinajstić information content (AvgIpc) is 3.02. The number of nitrogens with zero attached hydrogens (tertiary/aromatic N) is 1. The van der Waals surface area contributed by atoms with Gasteiger partial charge in [-0.15, -0.1) is 6.58 Å². The van der Waals surface area contributed by atoms with Crippen LogP contribution in [0, 0.1) is 0 Å². The quantitative estimate of drug-likeness (QED) is 0.366. The number of hydrogen-bond acceptors (Lipinski definition) is 1. The minimum atomic E-state index is 0.935. The van der Waals surface area contributed by atoms with Crippen molar-refractivity contribution in [1.82, 2.24) is 4.90 Å². The van der Waals surface area contributed by atoms with Crippen LogP contribution < -0.4 is 0 Å². The van der Waals surface area contributed by atoms with E-state index in [2.05, 4.69) is 24.5 Å². The van der Waals surface area contributed by atoms with Crippen LogP contribution >= 0.6 is 0 Å². The molecule has 0 saturated carbocycles. The zero-order valence-corrected chi connectivity index (χ0v) is 13.7. The van der Waals surface area contributed by atoms with Gasteiger partial charge in [0.05, 0.1) is 0 Å². The number of fused-ring (bicyclic) bond motifs is 1. The molecule has 3 atom stereocenters. The van der Waals surface area contributed by atoms with Gasteiger partial charge >= 0.3 is 0 Å². The van der Waals surface area contributed by atoms with Crippen molar-refractivity contribution in [2.75, 3.05) is 0 Å². The summed E-state index contributed by atoms with van der Waals surface area (Å²) in [4.78, 5) is 2.95. The maximum absolute atomic E-state index is 3.79. The first-order valence-electron chi connectivity index (χ1n) is 9.25. The summed E-state index contributed by atoms with van der Waals surface area (Å²) in [5.41, 5.74) is 0. The molecular formula is C19H35N. The molecule has 2 aliphatic rings. The Morgan fingerprint density at radius 2 is 1.55 bits per heavy atom. The van der Waals surface area contributed by atoms with E-state index in [1.807, 2.05) is 0 Å². The highest BCUT2D eigenvalue weighted by Gasteiger charge is 2.41. The second-order valence-corrected chi connectivity index (χ2v) is 6.99. The molecule has 2 saturated heterocycles.